The van der Waals surface area contributed by atoms with E-state index in [1.165, 1.54) is 12.1 Å². The summed E-state index contributed by atoms with van der Waals surface area (Å²) >= 11 is 0. The number of aryl methyl sites for hydroxylation is 2. The first-order valence-electron chi connectivity index (χ1n) is 5.31. The van der Waals surface area contributed by atoms with Crippen molar-refractivity contribution >= 4 is 0 Å². The third kappa shape index (κ3) is 2.31. The van der Waals surface area contributed by atoms with E-state index in [2.05, 4.69) is 9.97 Å². The number of aromatic nitrogens is 2. The van der Waals surface area contributed by atoms with Crippen LogP contribution in [0.1, 0.15) is 16.8 Å². The normalized spacial score (nSPS) is 10.6. The van der Waals surface area contributed by atoms with E-state index in [-0.39, 0.29) is 12.4 Å². The van der Waals surface area contributed by atoms with Crippen LogP contribution >= 0.6 is 0 Å². The summed E-state index contributed by atoms with van der Waals surface area (Å²) in [5, 5.41) is 9.15. The van der Waals surface area contributed by atoms with E-state index in [1.807, 2.05) is 13.8 Å². The van der Waals surface area contributed by atoms with Crippen molar-refractivity contribution in [3.8, 4) is 11.4 Å². The Balaban J connectivity index is 2.56. The van der Waals surface area contributed by atoms with Crippen LogP contribution in [0.3, 0.4) is 0 Å². The maximum atomic E-state index is 13.2. The zero-order valence-electron chi connectivity index (χ0n) is 9.74. The second kappa shape index (κ2) is 4.59. The van der Waals surface area contributed by atoms with Crippen LogP contribution in [0.2, 0.25) is 0 Å². The van der Waals surface area contributed by atoms with Gasteiger partial charge in [0.25, 0.3) is 0 Å². The minimum Gasteiger partial charge on any atom is -0.390 e. The molecule has 1 aromatic carbocycles. The van der Waals surface area contributed by atoms with E-state index >= 15 is 0 Å². The number of rotatable bonds is 2. The van der Waals surface area contributed by atoms with Crippen molar-refractivity contribution in [2.75, 3.05) is 0 Å². The predicted molar refractivity (Wildman–Crippen MR) is 62.8 cm³/mol. The Hall–Kier alpha value is -1.81. The van der Waals surface area contributed by atoms with E-state index in [1.54, 1.807) is 12.3 Å². The van der Waals surface area contributed by atoms with Gasteiger partial charge in [-0.05, 0) is 37.1 Å². The number of aliphatic hydroxyl groups excluding tert-OH is 1. The highest BCUT2D eigenvalue weighted by Gasteiger charge is 2.08. The summed E-state index contributed by atoms with van der Waals surface area (Å²) in [6.07, 6.45) is 1.64. The van der Waals surface area contributed by atoms with Gasteiger partial charge < -0.3 is 5.11 Å². The predicted octanol–water partition coefficient (Wildman–Crippen LogP) is 2.39. The fourth-order valence-corrected chi connectivity index (χ4v) is 1.60. The fourth-order valence-electron chi connectivity index (χ4n) is 1.60. The average Bonchev–Trinajstić information content (AvgIpc) is 2.33. The van der Waals surface area contributed by atoms with Gasteiger partial charge in [-0.15, -0.1) is 0 Å². The highest BCUT2D eigenvalue weighted by atomic mass is 19.1. The molecule has 0 aliphatic carbocycles. The summed E-state index contributed by atoms with van der Waals surface area (Å²) in [6.45, 7) is 3.56. The summed E-state index contributed by atoms with van der Waals surface area (Å²) in [6, 6.07) is 4.49. The molecule has 1 heterocycles. The number of nitrogens with zero attached hydrogens (tertiary/aromatic N) is 2. The molecule has 4 heteroatoms. The first-order valence-corrected chi connectivity index (χ1v) is 5.31. The zero-order chi connectivity index (χ0) is 12.4. The van der Waals surface area contributed by atoms with Gasteiger partial charge in [0.05, 0.1) is 12.3 Å². The van der Waals surface area contributed by atoms with E-state index in [4.69, 9.17) is 5.11 Å². The van der Waals surface area contributed by atoms with Crippen LogP contribution < -0.4 is 0 Å². The van der Waals surface area contributed by atoms with Crippen LogP contribution in [0.5, 0.6) is 0 Å². The summed E-state index contributed by atoms with van der Waals surface area (Å²) in [7, 11) is 0. The Labute approximate surface area is 99.0 Å². The lowest BCUT2D eigenvalue weighted by molar-refractivity contribution is 0.276. The standard InChI is InChI=1S/C13H13FN2O/c1-8-3-4-10(14)5-11(8)13-15-6-9(2)12(7-17)16-13/h3-6,17H,7H2,1-2H3. The first kappa shape index (κ1) is 11.7. The van der Waals surface area contributed by atoms with Crippen LogP contribution in [0.25, 0.3) is 11.4 Å². The molecule has 17 heavy (non-hydrogen) atoms. The van der Waals surface area contributed by atoms with Crippen molar-refractivity contribution in [3.63, 3.8) is 0 Å². The van der Waals surface area contributed by atoms with Crippen LogP contribution in [-0.4, -0.2) is 15.1 Å². The molecule has 0 saturated heterocycles. The maximum absolute atomic E-state index is 13.2. The van der Waals surface area contributed by atoms with Gasteiger partial charge in [-0.25, -0.2) is 14.4 Å². The number of hydrogen-bond donors (Lipinski definition) is 1. The first-order chi connectivity index (χ1) is 8.11. The van der Waals surface area contributed by atoms with Crippen LogP contribution in [-0.2, 0) is 6.61 Å². The van der Waals surface area contributed by atoms with Crippen LogP contribution in [0.15, 0.2) is 24.4 Å². The molecular weight excluding hydrogens is 219 g/mol. The Morgan fingerprint density at radius 2 is 2.00 bits per heavy atom. The highest BCUT2D eigenvalue weighted by Crippen LogP contribution is 2.21. The molecule has 0 spiro atoms. The minimum absolute atomic E-state index is 0.143. The second-order valence-corrected chi connectivity index (χ2v) is 3.94. The minimum atomic E-state index is -0.319. The molecule has 88 valence electrons. The highest BCUT2D eigenvalue weighted by molar-refractivity contribution is 5.60. The molecule has 0 unspecified atom stereocenters. The van der Waals surface area contributed by atoms with Gasteiger partial charge in [-0.1, -0.05) is 6.07 Å². The Bertz CT molecular complexity index is 555. The number of benzene rings is 1. The smallest absolute Gasteiger partial charge is 0.159 e. The van der Waals surface area contributed by atoms with E-state index in [0.29, 0.717) is 17.1 Å². The van der Waals surface area contributed by atoms with Gasteiger partial charge in [0, 0.05) is 11.8 Å². The maximum Gasteiger partial charge on any atom is 0.159 e. The molecule has 0 amide bonds. The molecule has 2 rings (SSSR count). The third-order valence-corrected chi connectivity index (χ3v) is 2.67. The molecule has 1 aromatic heterocycles. The molecule has 0 bridgehead atoms. The monoisotopic (exact) mass is 232 g/mol. The zero-order valence-corrected chi connectivity index (χ0v) is 9.74. The van der Waals surface area contributed by atoms with Crippen molar-refractivity contribution in [1.82, 2.24) is 9.97 Å². The number of halogens is 1. The van der Waals surface area contributed by atoms with Crippen molar-refractivity contribution in [3.05, 3.63) is 47.0 Å². The van der Waals surface area contributed by atoms with Crippen LogP contribution in [0, 0.1) is 19.7 Å². The number of hydrogen-bond acceptors (Lipinski definition) is 3. The van der Waals surface area contributed by atoms with E-state index in [0.717, 1.165) is 11.1 Å². The number of aliphatic hydroxyl groups is 1. The topological polar surface area (TPSA) is 46.0 Å². The lowest BCUT2D eigenvalue weighted by Gasteiger charge is -2.07. The largest absolute Gasteiger partial charge is 0.390 e. The van der Waals surface area contributed by atoms with Crippen molar-refractivity contribution in [2.45, 2.75) is 20.5 Å². The average molecular weight is 232 g/mol. The van der Waals surface area contributed by atoms with Crippen molar-refractivity contribution < 1.29 is 9.50 Å². The molecule has 0 atom stereocenters. The van der Waals surface area contributed by atoms with Crippen molar-refractivity contribution in [1.29, 1.82) is 0 Å². The third-order valence-electron chi connectivity index (χ3n) is 2.67. The molecule has 1 N–H and O–H groups in total. The van der Waals surface area contributed by atoms with Gasteiger partial charge in [0.2, 0.25) is 0 Å². The summed E-state index contributed by atoms with van der Waals surface area (Å²) in [5.41, 5.74) is 2.95. The van der Waals surface area contributed by atoms with Gasteiger partial charge in [-0.3, -0.25) is 0 Å². The molecule has 0 aliphatic heterocycles. The van der Waals surface area contributed by atoms with Gasteiger partial charge in [0.15, 0.2) is 5.82 Å². The van der Waals surface area contributed by atoms with Gasteiger partial charge >= 0.3 is 0 Å². The molecule has 0 aliphatic rings. The molecular formula is C13H13FN2O. The summed E-state index contributed by atoms with van der Waals surface area (Å²) in [5.74, 6) is 0.122. The van der Waals surface area contributed by atoms with E-state index < -0.39 is 0 Å². The van der Waals surface area contributed by atoms with Crippen LogP contribution in [0.4, 0.5) is 4.39 Å². The lowest BCUT2D eigenvalue weighted by Crippen LogP contribution is -2.00. The molecule has 0 saturated carbocycles. The SMILES string of the molecule is Cc1ccc(F)cc1-c1ncc(C)c(CO)n1. The molecule has 2 aromatic rings. The van der Waals surface area contributed by atoms with Gasteiger partial charge in [0.1, 0.15) is 5.82 Å². The summed E-state index contributed by atoms with van der Waals surface area (Å²) in [4.78, 5) is 8.41. The van der Waals surface area contributed by atoms with E-state index in [9.17, 15) is 4.39 Å². The second-order valence-electron chi connectivity index (χ2n) is 3.94. The Morgan fingerprint density at radius 1 is 1.24 bits per heavy atom. The molecule has 0 fully saturated rings. The lowest BCUT2D eigenvalue weighted by atomic mass is 10.1. The fraction of sp³-hybridized carbons (Fsp3) is 0.231. The molecule has 0 radical (unpaired) electrons. The summed E-state index contributed by atoms with van der Waals surface area (Å²) < 4.78 is 13.2. The quantitative estimate of drug-likeness (QED) is 0.864. The van der Waals surface area contributed by atoms with Crippen molar-refractivity contribution in [2.24, 2.45) is 0 Å². The van der Waals surface area contributed by atoms with Gasteiger partial charge in [-0.2, -0.15) is 0 Å². The Kier molecular flexibility index (Phi) is 3.15. The molecule has 3 nitrogen and oxygen atoms in total. The Morgan fingerprint density at radius 3 is 2.71 bits per heavy atom.